The molecule has 0 atom stereocenters. The van der Waals surface area contributed by atoms with Crippen molar-refractivity contribution in [2.75, 3.05) is 0 Å². The van der Waals surface area contributed by atoms with Crippen molar-refractivity contribution >= 4 is 0 Å². The van der Waals surface area contributed by atoms with E-state index < -0.39 is 0 Å². The predicted molar refractivity (Wildman–Crippen MR) is 14.5 cm³/mol. The molecule has 0 bridgehead atoms. The first-order chi connectivity index (χ1) is 0. The number of rotatable bonds is 0. The third-order valence-electron chi connectivity index (χ3n) is 0. The van der Waals surface area contributed by atoms with Crippen LogP contribution in [0.15, 0.2) is 0 Å². The molecule has 6 heteroatoms. The van der Waals surface area contributed by atoms with Crippen molar-refractivity contribution in [3.8, 4) is 0 Å². The fourth-order valence-corrected chi connectivity index (χ4v) is 0. The third kappa shape index (κ3) is 34.9. The van der Waals surface area contributed by atoms with Crippen molar-refractivity contribution in [2.24, 2.45) is 0 Å². The molecule has 0 unspecified atom stereocenters. The summed E-state index contributed by atoms with van der Waals surface area (Å²) in [6.07, 6.45) is 0. The molecule has 0 aromatic carbocycles. The maximum atomic E-state index is 0. The monoisotopic (exact) mass is 240 g/mol. The molecule has 0 saturated carbocycles. The smallest absolute Gasteiger partial charge is 1.00 e. The van der Waals surface area contributed by atoms with Gasteiger partial charge in [0.25, 0.3) is 0 Å². The van der Waals surface area contributed by atoms with E-state index in [2.05, 4.69) is 0 Å². The zero-order chi connectivity index (χ0) is 0. The van der Waals surface area contributed by atoms with Crippen molar-refractivity contribution in [1.29, 1.82) is 0 Å². The maximum Gasteiger partial charge on any atom is 1.00 e. The Morgan fingerprint density at radius 1 is 0.500 bits per heavy atom. The van der Waals surface area contributed by atoms with Crippen LogP contribution in [0, 0.1) is 0 Å². The molecule has 40 valence electrons. The van der Waals surface area contributed by atoms with Crippen LogP contribution in [-0.4, -0.2) is 21.9 Å². The second-order valence-electron chi connectivity index (χ2n) is 0. The Hall–Kier alpha value is 2.18. The van der Waals surface area contributed by atoms with Crippen molar-refractivity contribution in [3.63, 3.8) is 0 Å². The van der Waals surface area contributed by atoms with E-state index in [1.165, 1.54) is 0 Å². The van der Waals surface area contributed by atoms with Gasteiger partial charge in [0.05, 0.1) is 0 Å². The summed E-state index contributed by atoms with van der Waals surface area (Å²) in [5.74, 6) is 0. The predicted octanol–water partition coefficient (Wildman–Crippen LogP) is -9.29. The molecular weight excluding hydrogens is 232 g/mol. The van der Waals surface area contributed by atoms with E-state index >= 15 is 0 Å². The summed E-state index contributed by atoms with van der Waals surface area (Å²) in [5, 5.41) is 0. The fourth-order valence-electron chi connectivity index (χ4n) is 0. The number of hydrogen-bond donors (Lipinski definition) is 0. The van der Waals surface area contributed by atoms with E-state index in [-0.39, 0.29) is 103 Å². The van der Waals surface area contributed by atoms with Crippen LogP contribution < -0.4 is 81.3 Å². The van der Waals surface area contributed by atoms with Gasteiger partial charge in [0.15, 0.2) is 0 Å². The van der Waals surface area contributed by atoms with Crippen molar-refractivity contribution < 1.29 is 103 Å². The second-order valence-corrected chi connectivity index (χ2v) is 0. The SMILES string of the molecule is O.O.O.O.[Cl-].[Cs+]. The largest absolute Gasteiger partial charge is 1.00 e. The Balaban J connectivity index is 0. The van der Waals surface area contributed by atoms with Gasteiger partial charge in [-0.3, -0.25) is 0 Å². The van der Waals surface area contributed by atoms with Gasteiger partial charge in [0.2, 0.25) is 0 Å². The Labute approximate surface area is 101 Å². The average Bonchev–Trinajstić information content (AvgIpc) is 0. The van der Waals surface area contributed by atoms with Gasteiger partial charge in [-0.25, -0.2) is 0 Å². The van der Waals surface area contributed by atoms with Crippen LogP contribution in [0.5, 0.6) is 0 Å². The van der Waals surface area contributed by atoms with Crippen LogP contribution in [-0.2, 0) is 0 Å². The molecule has 0 aliphatic heterocycles. The average molecular weight is 240 g/mol. The first-order valence-electron chi connectivity index (χ1n) is 0. The first-order valence-corrected chi connectivity index (χ1v) is 0. The summed E-state index contributed by atoms with van der Waals surface area (Å²) in [6.45, 7) is 0. The van der Waals surface area contributed by atoms with Crippen molar-refractivity contribution in [2.45, 2.75) is 0 Å². The first kappa shape index (κ1) is 88.6. The van der Waals surface area contributed by atoms with E-state index in [1.807, 2.05) is 0 Å². The van der Waals surface area contributed by atoms with E-state index in [1.54, 1.807) is 0 Å². The minimum Gasteiger partial charge on any atom is -1.00 e. The summed E-state index contributed by atoms with van der Waals surface area (Å²) in [6, 6.07) is 0. The zero-order valence-electron chi connectivity index (χ0n) is 3.38. The molecule has 4 nitrogen and oxygen atoms in total. The molecule has 0 aromatic rings. The van der Waals surface area contributed by atoms with Gasteiger partial charge < -0.3 is 34.3 Å². The summed E-state index contributed by atoms with van der Waals surface area (Å²) < 4.78 is 0. The molecule has 6 heavy (non-hydrogen) atoms. The molecule has 0 rings (SSSR count). The Morgan fingerprint density at radius 3 is 0.500 bits per heavy atom. The molecule has 0 amide bonds. The maximum absolute atomic E-state index is 0. The molecule has 0 fully saturated rings. The Morgan fingerprint density at radius 2 is 0.500 bits per heavy atom. The van der Waals surface area contributed by atoms with Crippen LogP contribution in [0.25, 0.3) is 0 Å². The van der Waals surface area contributed by atoms with Gasteiger partial charge in [0, 0.05) is 0 Å². The van der Waals surface area contributed by atoms with Crippen LogP contribution in [0.3, 0.4) is 0 Å². The Kier molecular flexibility index (Phi) is 852. The van der Waals surface area contributed by atoms with Gasteiger partial charge in [0.1, 0.15) is 0 Å². The minimum atomic E-state index is 0. The van der Waals surface area contributed by atoms with Gasteiger partial charge in [-0.05, 0) is 0 Å². The molecule has 0 aromatic heterocycles. The van der Waals surface area contributed by atoms with Gasteiger partial charge in [-0.15, -0.1) is 0 Å². The molecule has 0 spiro atoms. The van der Waals surface area contributed by atoms with E-state index in [0.29, 0.717) is 0 Å². The van der Waals surface area contributed by atoms with Gasteiger partial charge in [-0.1, -0.05) is 0 Å². The quantitative estimate of drug-likeness (QED) is 0.399. The topological polar surface area (TPSA) is 126 Å². The second kappa shape index (κ2) is 57.7. The molecule has 0 heterocycles. The van der Waals surface area contributed by atoms with Crippen molar-refractivity contribution in [1.82, 2.24) is 0 Å². The molecule has 0 aliphatic rings. The Bertz CT molecular complexity index is 7.51. The van der Waals surface area contributed by atoms with Crippen LogP contribution in [0.2, 0.25) is 0 Å². The van der Waals surface area contributed by atoms with E-state index in [9.17, 15) is 0 Å². The van der Waals surface area contributed by atoms with Gasteiger partial charge >= 0.3 is 68.9 Å². The standard InChI is InChI=1S/ClH.Cs.4H2O/h1H;;4*1H2/q;+1;;;;/p-1. The van der Waals surface area contributed by atoms with Gasteiger partial charge in [-0.2, -0.15) is 0 Å². The summed E-state index contributed by atoms with van der Waals surface area (Å²) in [4.78, 5) is 0. The molecular formula is H8ClCsO4. The van der Waals surface area contributed by atoms with Crippen LogP contribution in [0.4, 0.5) is 0 Å². The zero-order valence-corrected chi connectivity index (χ0v) is 10.4. The summed E-state index contributed by atoms with van der Waals surface area (Å²) in [5.41, 5.74) is 0. The van der Waals surface area contributed by atoms with E-state index in [4.69, 9.17) is 0 Å². The molecule has 0 radical (unpaired) electrons. The summed E-state index contributed by atoms with van der Waals surface area (Å²) >= 11 is 0. The summed E-state index contributed by atoms with van der Waals surface area (Å²) in [7, 11) is 0. The molecule has 8 N–H and O–H groups in total. The molecule has 0 saturated heterocycles. The van der Waals surface area contributed by atoms with Crippen LogP contribution in [0.1, 0.15) is 0 Å². The van der Waals surface area contributed by atoms with Crippen LogP contribution >= 0.6 is 0 Å². The van der Waals surface area contributed by atoms with E-state index in [0.717, 1.165) is 0 Å². The fraction of sp³-hybridized carbons (Fsp3) is 0. The normalized spacial score (nSPS) is 0. The molecule has 0 aliphatic carbocycles. The minimum absolute atomic E-state index is 0. The number of halogens is 1. The third-order valence-corrected chi connectivity index (χ3v) is 0. The van der Waals surface area contributed by atoms with Crippen molar-refractivity contribution in [3.05, 3.63) is 0 Å². The number of hydrogen-bond acceptors (Lipinski definition) is 0.